The zero-order valence-electron chi connectivity index (χ0n) is 10.0. The van der Waals surface area contributed by atoms with Crippen LogP contribution in [0.25, 0.3) is 0 Å². The third-order valence-electron chi connectivity index (χ3n) is 2.60. The van der Waals surface area contributed by atoms with Gasteiger partial charge < -0.3 is 10.6 Å². The van der Waals surface area contributed by atoms with E-state index in [1.165, 1.54) is 11.3 Å². The highest BCUT2D eigenvalue weighted by Crippen LogP contribution is 2.16. The summed E-state index contributed by atoms with van der Waals surface area (Å²) in [6.07, 6.45) is 1.15. The highest BCUT2D eigenvalue weighted by Gasteiger charge is 2.03. The Morgan fingerprint density at radius 1 is 1.20 bits per heavy atom. The van der Waals surface area contributed by atoms with Gasteiger partial charge in [-0.3, -0.25) is 0 Å². The first kappa shape index (κ1) is 12.1. The van der Waals surface area contributed by atoms with Gasteiger partial charge in [0.25, 0.3) is 0 Å². The Morgan fingerprint density at radius 3 is 2.60 bits per heavy atom. The number of anilines is 1. The SMILES string of the molecule is CCNCc1ccccc1NC(C)CC. The summed E-state index contributed by atoms with van der Waals surface area (Å²) in [6, 6.07) is 9.04. The maximum atomic E-state index is 3.53. The summed E-state index contributed by atoms with van der Waals surface area (Å²) in [7, 11) is 0. The van der Waals surface area contributed by atoms with E-state index in [0.29, 0.717) is 6.04 Å². The average Bonchev–Trinajstić information content (AvgIpc) is 2.28. The van der Waals surface area contributed by atoms with E-state index < -0.39 is 0 Å². The molecule has 1 aromatic rings. The fourth-order valence-electron chi connectivity index (χ4n) is 1.44. The molecule has 2 heteroatoms. The first-order valence-corrected chi connectivity index (χ1v) is 5.83. The Kier molecular flexibility index (Phi) is 5.19. The van der Waals surface area contributed by atoms with Crippen LogP contribution in [0.15, 0.2) is 24.3 Å². The largest absolute Gasteiger partial charge is 0.382 e. The zero-order valence-corrected chi connectivity index (χ0v) is 10.0. The molecule has 1 unspecified atom stereocenters. The molecule has 0 radical (unpaired) electrons. The zero-order chi connectivity index (χ0) is 11.1. The lowest BCUT2D eigenvalue weighted by molar-refractivity contribution is 0.720. The number of hydrogen-bond donors (Lipinski definition) is 2. The summed E-state index contributed by atoms with van der Waals surface area (Å²) in [5.41, 5.74) is 2.60. The first-order chi connectivity index (χ1) is 7.27. The fraction of sp³-hybridized carbons (Fsp3) is 0.538. The van der Waals surface area contributed by atoms with Crippen LogP contribution < -0.4 is 10.6 Å². The number of benzene rings is 1. The van der Waals surface area contributed by atoms with Crippen molar-refractivity contribution in [2.45, 2.75) is 39.8 Å². The normalized spacial score (nSPS) is 12.5. The summed E-state index contributed by atoms with van der Waals surface area (Å²) < 4.78 is 0. The maximum absolute atomic E-state index is 3.53. The molecule has 2 nitrogen and oxygen atoms in total. The van der Waals surface area contributed by atoms with Crippen LogP contribution >= 0.6 is 0 Å². The molecule has 0 aliphatic carbocycles. The average molecular weight is 206 g/mol. The van der Waals surface area contributed by atoms with Gasteiger partial charge in [0.05, 0.1) is 0 Å². The van der Waals surface area contributed by atoms with Gasteiger partial charge in [-0.25, -0.2) is 0 Å². The molecule has 0 amide bonds. The van der Waals surface area contributed by atoms with Crippen LogP contribution in [0.2, 0.25) is 0 Å². The molecule has 0 aromatic heterocycles. The van der Waals surface area contributed by atoms with E-state index >= 15 is 0 Å². The Balaban J connectivity index is 2.67. The Bertz CT molecular complexity index is 284. The highest BCUT2D eigenvalue weighted by molar-refractivity contribution is 5.51. The second kappa shape index (κ2) is 6.46. The molecular weight excluding hydrogens is 184 g/mol. The predicted octanol–water partition coefficient (Wildman–Crippen LogP) is 3.01. The molecule has 1 atom stereocenters. The predicted molar refractivity (Wildman–Crippen MR) is 67.2 cm³/mol. The van der Waals surface area contributed by atoms with E-state index in [2.05, 4.69) is 55.7 Å². The van der Waals surface area contributed by atoms with Gasteiger partial charge in [0.15, 0.2) is 0 Å². The summed E-state index contributed by atoms with van der Waals surface area (Å²) in [5, 5.41) is 6.89. The Hall–Kier alpha value is -1.02. The van der Waals surface area contributed by atoms with E-state index in [9.17, 15) is 0 Å². The van der Waals surface area contributed by atoms with Crippen LogP contribution in [-0.4, -0.2) is 12.6 Å². The molecule has 0 spiro atoms. The van der Waals surface area contributed by atoms with Gasteiger partial charge in [-0.2, -0.15) is 0 Å². The smallest absolute Gasteiger partial charge is 0.0387 e. The number of hydrogen-bond acceptors (Lipinski definition) is 2. The highest BCUT2D eigenvalue weighted by atomic mass is 14.9. The molecule has 1 rings (SSSR count). The van der Waals surface area contributed by atoms with Crippen molar-refractivity contribution in [3.8, 4) is 0 Å². The van der Waals surface area contributed by atoms with Gasteiger partial charge in [0.2, 0.25) is 0 Å². The maximum Gasteiger partial charge on any atom is 0.0387 e. The van der Waals surface area contributed by atoms with Crippen molar-refractivity contribution in [2.24, 2.45) is 0 Å². The minimum Gasteiger partial charge on any atom is -0.382 e. The van der Waals surface area contributed by atoms with Crippen molar-refractivity contribution in [3.63, 3.8) is 0 Å². The Morgan fingerprint density at radius 2 is 1.93 bits per heavy atom. The Labute approximate surface area is 93.1 Å². The van der Waals surface area contributed by atoms with Gasteiger partial charge >= 0.3 is 0 Å². The molecule has 1 aromatic carbocycles. The van der Waals surface area contributed by atoms with Crippen LogP contribution in [0.3, 0.4) is 0 Å². The molecule has 0 saturated heterocycles. The second-order valence-corrected chi connectivity index (χ2v) is 3.89. The third kappa shape index (κ3) is 3.92. The van der Waals surface area contributed by atoms with Crippen LogP contribution in [0.1, 0.15) is 32.8 Å². The van der Waals surface area contributed by atoms with Crippen LogP contribution in [0.4, 0.5) is 5.69 Å². The molecule has 0 saturated carbocycles. The molecule has 2 N–H and O–H groups in total. The summed E-state index contributed by atoms with van der Waals surface area (Å²) >= 11 is 0. The lowest BCUT2D eigenvalue weighted by atomic mass is 10.1. The molecule has 0 fully saturated rings. The van der Waals surface area contributed by atoms with Gasteiger partial charge in [-0.1, -0.05) is 32.0 Å². The van der Waals surface area contributed by atoms with Crippen molar-refractivity contribution in [1.29, 1.82) is 0 Å². The van der Waals surface area contributed by atoms with Gasteiger partial charge in [-0.15, -0.1) is 0 Å². The standard InChI is InChI=1S/C13H22N2/c1-4-11(3)15-13-9-7-6-8-12(13)10-14-5-2/h6-9,11,14-15H,4-5,10H2,1-3H3. The summed E-state index contributed by atoms with van der Waals surface area (Å²) in [5.74, 6) is 0. The lowest BCUT2D eigenvalue weighted by Gasteiger charge is -2.16. The minimum absolute atomic E-state index is 0.535. The topological polar surface area (TPSA) is 24.1 Å². The quantitative estimate of drug-likeness (QED) is 0.747. The minimum atomic E-state index is 0.535. The van der Waals surface area contributed by atoms with Crippen molar-refractivity contribution < 1.29 is 0 Å². The molecule has 84 valence electrons. The first-order valence-electron chi connectivity index (χ1n) is 5.83. The molecule has 0 bridgehead atoms. The van der Waals surface area contributed by atoms with E-state index in [1.807, 2.05) is 0 Å². The van der Waals surface area contributed by atoms with E-state index in [1.54, 1.807) is 0 Å². The van der Waals surface area contributed by atoms with Crippen molar-refractivity contribution >= 4 is 5.69 Å². The van der Waals surface area contributed by atoms with Crippen LogP contribution in [0.5, 0.6) is 0 Å². The van der Waals surface area contributed by atoms with E-state index in [4.69, 9.17) is 0 Å². The van der Waals surface area contributed by atoms with E-state index in [0.717, 1.165) is 19.5 Å². The van der Waals surface area contributed by atoms with Gasteiger partial charge in [0, 0.05) is 18.3 Å². The lowest BCUT2D eigenvalue weighted by Crippen LogP contribution is -2.17. The third-order valence-corrected chi connectivity index (χ3v) is 2.60. The van der Waals surface area contributed by atoms with Gasteiger partial charge in [0.1, 0.15) is 0 Å². The summed E-state index contributed by atoms with van der Waals surface area (Å²) in [4.78, 5) is 0. The number of rotatable bonds is 6. The van der Waals surface area contributed by atoms with Crippen molar-refractivity contribution in [3.05, 3.63) is 29.8 Å². The van der Waals surface area contributed by atoms with Crippen molar-refractivity contribution in [2.75, 3.05) is 11.9 Å². The molecule has 0 heterocycles. The summed E-state index contributed by atoms with van der Waals surface area (Å²) in [6.45, 7) is 8.49. The van der Waals surface area contributed by atoms with Crippen molar-refractivity contribution in [1.82, 2.24) is 5.32 Å². The van der Waals surface area contributed by atoms with Crippen LogP contribution in [0, 0.1) is 0 Å². The number of nitrogens with one attached hydrogen (secondary N) is 2. The second-order valence-electron chi connectivity index (χ2n) is 3.89. The van der Waals surface area contributed by atoms with E-state index in [-0.39, 0.29) is 0 Å². The molecule has 15 heavy (non-hydrogen) atoms. The van der Waals surface area contributed by atoms with Crippen LogP contribution in [-0.2, 0) is 6.54 Å². The van der Waals surface area contributed by atoms with Gasteiger partial charge in [-0.05, 0) is 31.5 Å². The molecular formula is C13H22N2. The molecule has 0 aliphatic heterocycles. The fourth-order valence-corrected chi connectivity index (χ4v) is 1.44. The number of para-hydroxylation sites is 1. The molecule has 0 aliphatic rings. The monoisotopic (exact) mass is 206 g/mol.